The minimum absolute atomic E-state index is 0.189. The van der Waals surface area contributed by atoms with E-state index in [1.165, 1.54) is 12.1 Å². The van der Waals surface area contributed by atoms with E-state index in [1.54, 1.807) is 43.3 Å². The van der Waals surface area contributed by atoms with E-state index in [9.17, 15) is 14.4 Å². The van der Waals surface area contributed by atoms with Crippen LogP contribution >= 0.6 is 0 Å². The molecule has 0 aliphatic carbocycles. The van der Waals surface area contributed by atoms with Crippen LogP contribution in [-0.4, -0.2) is 37.7 Å². The summed E-state index contributed by atoms with van der Waals surface area (Å²) in [6.07, 6.45) is -1.30. The molecule has 30 heavy (non-hydrogen) atoms. The van der Waals surface area contributed by atoms with Crippen LogP contribution in [0, 0.1) is 0 Å². The van der Waals surface area contributed by atoms with Gasteiger partial charge in [0.05, 0.1) is 18.8 Å². The van der Waals surface area contributed by atoms with Gasteiger partial charge in [-0.1, -0.05) is 30.3 Å². The lowest BCUT2D eigenvalue weighted by Gasteiger charge is -2.18. The Bertz CT molecular complexity index is 869. The Morgan fingerprint density at radius 3 is 2.20 bits per heavy atom. The van der Waals surface area contributed by atoms with Gasteiger partial charge in [-0.05, 0) is 39.0 Å². The maximum Gasteiger partial charge on any atom is 0.339 e. The maximum atomic E-state index is 12.8. The summed E-state index contributed by atoms with van der Waals surface area (Å²) in [6.45, 7) is 6.57. The van der Waals surface area contributed by atoms with Gasteiger partial charge in [-0.15, -0.1) is 0 Å². The van der Waals surface area contributed by atoms with Gasteiger partial charge in [0.15, 0.2) is 11.5 Å². The fraction of sp³-hybridized carbons (Fsp3) is 0.318. The smallest absolute Gasteiger partial charge is 0.339 e. The minimum atomic E-state index is -1.30. The molecule has 2 aromatic rings. The number of urea groups is 1. The predicted octanol–water partition coefficient (Wildman–Crippen LogP) is 3.23. The highest BCUT2D eigenvalue weighted by atomic mass is 16.5. The van der Waals surface area contributed by atoms with Crippen molar-refractivity contribution >= 4 is 17.9 Å². The van der Waals surface area contributed by atoms with E-state index in [2.05, 4.69) is 10.6 Å². The Morgan fingerprint density at radius 1 is 0.900 bits per heavy atom. The Balaban J connectivity index is 2.26. The Labute approximate surface area is 175 Å². The van der Waals surface area contributed by atoms with Crippen molar-refractivity contribution in [2.45, 2.75) is 26.9 Å². The molecule has 0 bridgehead atoms. The van der Waals surface area contributed by atoms with Gasteiger partial charge in [0.2, 0.25) is 6.10 Å². The Hall–Kier alpha value is -3.55. The molecule has 3 amide bonds. The van der Waals surface area contributed by atoms with Crippen LogP contribution in [0.5, 0.6) is 11.5 Å². The van der Waals surface area contributed by atoms with Crippen LogP contribution in [0.25, 0.3) is 0 Å². The van der Waals surface area contributed by atoms with E-state index in [-0.39, 0.29) is 5.56 Å². The minimum Gasteiger partial charge on any atom is -0.490 e. The number of hydrogen-bond acceptors (Lipinski definition) is 6. The fourth-order valence-corrected chi connectivity index (χ4v) is 2.64. The molecule has 8 heteroatoms. The zero-order valence-corrected chi connectivity index (χ0v) is 17.3. The summed E-state index contributed by atoms with van der Waals surface area (Å²) >= 11 is 0. The van der Waals surface area contributed by atoms with Crippen LogP contribution in [0.3, 0.4) is 0 Å². The standard InChI is InChI=1S/C22H26N2O6/c1-4-23-22(27)24-20(25)19(15-10-8-7-9-11-15)30-21(26)16-12-13-17(28-5-2)18(14-16)29-6-3/h7-14,19H,4-6H2,1-3H3,(H2,23,24,25,27)/t19-/m1/s1. The summed E-state index contributed by atoms with van der Waals surface area (Å²) < 4.78 is 16.5. The summed E-state index contributed by atoms with van der Waals surface area (Å²) in [7, 11) is 0. The van der Waals surface area contributed by atoms with E-state index in [0.717, 1.165) is 0 Å². The Kier molecular flexibility index (Phi) is 8.68. The number of ether oxygens (including phenoxy) is 3. The second-order valence-corrected chi connectivity index (χ2v) is 6.07. The van der Waals surface area contributed by atoms with Crippen molar-refractivity contribution in [3.8, 4) is 11.5 Å². The molecule has 2 aromatic carbocycles. The molecule has 0 radical (unpaired) electrons. The second-order valence-electron chi connectivity index (χ2n) is 6.07. The largest absolute Gasteiger partial charge is 0.490 e. The lowest BCUT2D eigenvalue weighted by Crippen LogP contribution is -2.42. The second kappa shape index (κ2) is 11.5. The van der Waals surface area contributed by atoms with Gasteiger partial charge in [0, 0.05) is 12.1 Å². The monoisotopic (exact) mass is 414 g/mol. The van der Waals surface area contributed by atoms with Gasteiger partial charge in [-0.25, -0.2) is 9.59 Å². The molecule has 2 rings (SSSR count). The van der Waals surface area contributed by atoms with E-state index in [4.69, 9.17) is 14.2 Å². The van der Waals surface area contributed by atoms with Crippen molar-refractivity contribution in [1.29, 1.82) is 0 Å². The van der Waals surface area contributed by atoms with E-state index in [0.29, 0.717) is 36.8 Å². The van der Waals surface area contributed by atoms with Gasteiger partial charge in [-0.2, -0.15) is 0 Å². The predicted molar refractivity (Wildman–Crippen MR) is 111 cm³/mol. The highest BCUT2D eigenvalue weighted by Crippen LogP contribution is 2.29. The molecule has 160 valence electrons. The number of hydrogen-bond donors (Lipinski definition) is 2. The molecule has 0 saturated heterocycles. The molecule has 0 unspecified atom stereocenters. The number of esters is 1. The summed E-state index contributed by atoms with van der Waals surface area (Å²) in [5, 5.41) is 4.65. The quantitative estimate of drug-likeness (QED) is 0.611. The SMILES string of the molecule is CCNC(=O)NC(=O)[C@H](OC(=O)c1ccc(OCC)c(OCC)c1)c1ccccc1. The fourth-order valence-electron chi connectivity index (χ4n) is 2.64. The number of amides is 3. The van der Waals surface area contributed by atoms with Crippen molar-refractivity contribution in [2.75, 3.05) is 19.8 Å². The average Bonchev–Trinajstić information content (AvgIpc) is 2.74. The van der Waals surface area contributed by atoms with Crippen LogP contribution in [0.2, 0.25) is 0 Å². The number of carbonyl (C=O) groups excluding carboxylic acids is 3. The third kappa shape index (κ3) is 6.23. The molecular weight excluding hydrogens is 388 g/mol. The highest BCUT2D eigenvalue weighted by molar-refractivity contribution is 5.99. The van der Waals surface area contributed by atoms with Gasteiger partial charge in [0.1, 0.15) is 0 Å². The Morgan fingerprint density at radius 2 is 1.57 bits per heavy atom. The van der Waals surface area contributed by atoms with Crippen molar-refractivity contribution in [3.05, 3.63) is 59.7 Å². The third-order valence-electron chi connectivity index (χ3n) is 3.92. The van der Waals surface area contributed by atoms with Crippen LogP contribution in [-0.2, 0) is 9.53 Å². The van der Waals surface area contributed by atoms with Crippen LogP contribution < -0.4 is 20.1 Å². The molecule has 0 aliphatic heterocycles. The van der Waals surface area contributed by atoms with E-state index < -0.39 is 24.0 Å². The molecule has 0 spiro atoms. The summed E-state index contributed by atoms with van der Waals surface area (Å²) in [5.41, 5.74) is 0.622. The topological polar surface area (TPSA) is 103 Å². The van der Waals surface area contributed by atoms with Crippen LogP contribution in [0.4, 0.5) is 4.79 Å². The lowest BCUT2D eigenvalue weighted by molar-refractivity contribution is -0.129. The summed E-state index contributed by atoms with van der Waals surface area (Å²) in [5.74, 6) is -0.586. The molecule has 0 fully saturated rings. The zero-order chi connectivity index (χ0) is 21.9. The molecule has 0 aromatic heterocycles. The zero-order valence-electron chi connectivity index (χ0n) is 17.3. The number of rotatable bonds is 9. The summed E-state index contributed by atoms with van der Waals surface area (Å²) in [6, 6.07) is 12.4. The van der Waals surface area contributed by atoms with Gasteiger partial charge >= 0.3 is 12.0 Å². The van der Waals surface area contributed by atoms with Crippen molar-refractivity contribution < 1.29 is 28.6 Å². The van der Waals surface area contributed by atoms with Crippen LogP contribution in [0.15, 0.2) is 48.5 Å². The van der Waals surface area contributed by atoms with Crippen molar-refractivity contribution in [3.63, 3.8) is 0 Å². The normalized spacial score (nSPS) is 11.2. The molecule has 0 heterocycles. The molecule has 0 aliphatic rings. The maximum absolute atomic E-state index is 12.8. The van der Waals surface area contributed by atoms with Crippen LogP contribution in [0.1, 0.15) is 42.8 Å². The first-order chi connectivity index (χ1) is 14.5. The third-order valence-corrected chi connectivity index (χ3v) is 3.92. The first kappa shape index (κ1) is 22.7. The molecule has 1 atom stereocenters. The highest BCUT2D eigenvalue weighted by Gasteiger charge is 2.27. The number of imide groups is 1. The number of benzene rings is 2. The molecule has 8 nitrogen and oxygen atoms in total. The van der Waals surface area contributed by atoms with E-state index >= 15 is 0 Å². The summed E-state index contributed by atoms with van der Waals surface area (Å²) in [4.78, 5) is 37.1. The first-order valence-corrected chi connectivity index (χ1v) is 9.74. The van der Waals surface area contributed by atoms with Gasteiger partial charge in [0.25, 0.3) is 5.91 Å². The molecule has 0 saturated carbocycles. The molecule has 2 N–H and O–H groups in total. The van der Waals surface area contributed by atoms with Gasteiger partial charge < -0.3 is 19.5 Å². The molecular formula is C22H26N2O6. The number of carbonyl (C=O) groups is 3. The lowest BCUT2D eigenvalue weighted by atomic mass is 10.1. The van der Waals surface area contributed by atoms with E-state index in [1.807, 2.05) is 13.8 Å². The van der Waals surface area contributed by atoms with Gasteiger partial charge in [-0.3, -0.25) is 10.1 Å². The van der Waals surface area contributed by atoms with Crippen molar-refractivity contribution in [1.82, 2.24) is 10.6 Å². The van der Waals surface area contributed by atoms with Crippen molar-refractivity contribution in [2.24, 2.45) is 0 Å². The number of nitrogens with one attached hydrogen (secondary N) is 2. The first-order valence-electron chi connectivity index (χ1n) is 9.74. The average molecular weight is 414 g/mol.